The maximum Gasteiger partial charge on any atom is 0.233 e. The molecule has 98 valence electrons. The molecule has 1 N–H and O–H groups in total. The van der Waals surface area contributed by atoms with Gasteiger partial charge in [-0.15, -0.1) is 0 Å². The van der Waals surface area contributed by atoms with Crippen LogP contribution >= 0.6 is 0 Å². The molecule has 0 bridgehead atoms. The van der Waals surface area contributed by atoms with Crippen molar-refractivity contribution in [3.8, 4) is 0 Å². The second-order valence-electron chi connectivity index (χ2n) is 5.54. The number of nitrogens with one attached hydrogen (secondary N) is 1. The summed E-state index contributed by atoms with van der Waals surface area (Å²) in [7, 11) is 0. The lowest BCUT2D eigenvalue weighted by atomic mass is 9.94. The molecule has 1 fully saturated rings. The summed E-state index contributed by atoms with van der Waals surface area (Å²) in [5, 5.41) is 3.25. The Kier molecular flexibility index (Phi) is 5.12. The van der Waals surface area contributed by atoms with Gasteiger partial charge >= 0.3 is 0 Å². The molecule has 1 aliphatic rings. The van der Waals surface area contributed by atoms with E-state index in [-0.39, 0.29) is 23.7 Å². The van der Waals surface area contributed by atoms with Gasteiger partial charge < -0.3 is 5.32 Å². The molecule has 4 nitrogen and oxygen atoms in total. The normalized spacial score (nSPS) is 21.1. The number of carbonyl (C=O) groups is 2. The number of nitrogens with zero attached hydrogens (tertiary/aromatic N) is 1. The highest BCUT2D eigenvalue weighted by atomic mass is 16.2. The number of amides is 2. The fourth-order valence-corrected chi connectivity index (χ4v) is 2.05. The Morgan fingerprint density at radius 3 is 2.41 bits per heavy atom. The summed E-state index contributed by atoms with van der Waals surface area (Å²) < 4.78 is 0. The summed E-state index contributed by atoms with van der Waals surface area (Å²) in [4.78, 5) is 25.1. The van der Waals surface area contributed by atoms with Crippen LogP contribution < -0.4 is 5.32 Å². The van der Waals surface area contributed by atoms with E-state index in [2.05, 4.69) is 19.2 Å². The van der Waals surface area contributed by atoms with Crippen LogP contribution in [-0.4, -0.2) is 36.3 Å². The third-order valence-electron chi connectivity index (χ3n) is 3.15. The molecule has 1 heterocycles. The third-order valence-corrected chi connectivity index (χ3v) is 3.15. The fourth-order valence-electron chi connectivity index (χ4n) is 2.05. The van der Waals surface area contributed by atoms with Gasteiger partial charge in [-0.1, -0.05) is 27.7 Å². The Morgan fingerprint density at radius 2 is 1.94 bits per heavy atom. The zero-order valence-electron chi connectivity index (χ0n) is 11.3. The van der Waals surface area contributed by atoms with E-state index < -0.39 is 0 Å². The predicted molar refractivity (Wildman–Crippen MR) is 67.4 cm³/mol. The summed E-state index contributed by atoms with van der Waals surface area (Å²) in [5.74, 6) is 0.729. The molecule has 1 rings (SSSR count). The average Bonchev–Trinajstić information content (AvgIpc) is 2.50. The second kappa shape index (κ2) is 6.15. The van der Waals surface area contributed by atoms with E-state index in [1.165, 1.54) is 4.90 Å². The van der Waals surface area contributed by atoms with Gasteiger partial charge in [-0.25, -0.2) is 0 Å². The molecule has 0 spiro atoms. The van der Waals surface area contributed by atoms with Gasteiger partial charge in [0.25, 0.3) is 0 Å². The van der Waals surface area contributed by atoms with Gasteiger partial charge in [-0.3, -0.25) is 14.5 Å². The molecule has 17 heavy (non-hydrogen) atoms. The highest BCUT2D eigenvalue weighted by molar-refractivity contribution is 6.03. The lowest BCUT2D eigenvalue weighted by molar-refractivity contribution is -0.139. The number of hydrogen-bond acceptors (Lipinski definition) is 3. The standard InChI is InChI=1S/C13H24N2O2/c1-9(2)8-14-5-6-15-12(16)7-11(10(3)4)13(15)17/h9-11,14H,5-8H2,1-4H3. The zero-order chi connectivity index (χ0) is 13.0. The Hall–Kier alpha value is -0.900. The number of hydrogen-bond donors (Lipinski definition) is 1. The molecule has 0 aliphatic carbocycles. The third kappa shape index (κ3) is 3.80. The minimum absolute atomic E-state index is 0.0105. The molecule has 2 amide bonds. The van der Waals surface area contributed by atoms with E-state index in [0.717, 1.165) is 6.54 Å². The summed E-state index contributed by atoms with van der Waals surface area (Å²) in [6.07, 6.45) is 0.390. The Bertz CT molecular complexity index is 287. The quantitative estimate of drug-likeness (QED) is 0.562. The van der Waals surface area contributed by atoms with Crippen LogP contribution in [0.5, 0.6) is 0 Å². The smallest absolute Gasteiger partial charge is 0.233 e. The number of imide groups is 1. The van der Waals surface area contributed by atoms with Crippen LogP contribution in [0.1, 0.15) is 34.1 Å². The summed E-state index contributed by atoms with van der Waals surface area (Å²) >= 11 is 0. The highest BCUT2D eigenvalue weighted by Crippen LogP contribution is 2.25. The van der Waals surface area contributed by atoms with E-state index in [1.807, 2.05) is 13.8 Å². The van der Waals surface area contributed by atoms with Crippen molar-refractivity contribution in [1.82, 2.24) is 10.2 Å². The molecule has 1 aliphatic heterocycles. The maximum atomic E-state index is 12.0. The van der Waals surface area contributed by atoms with E-state index in [9.17, 15) is 9.59 Å². The topological polar surface area (TPSA) is 49.4 Å². The molecule has 0 aromatic heterocycles. The Morgan fingerprint density at radius 1 is 1.29 bits per heavy atom. The molecule has 1 unspecified atom stereocenters. The first kappa shape index (κ1) is 14.2. The van der Waals surface area contributed by atoms with E-state index in [0.29, 0.717) is 25.4 Å². The monoisotopic (exact) mass is 240 g/mol. The van der Waals surface area contributed by atoms with Crippen LogP contribution in [0.2, 0.25) is 0 Å². The van der Waals surface area contributed by atoms with Crippen LogP contribution in [-0.2, 0) is 9.59 Å². The first-order valence-corrected chi connectivity index (χ1v) is 6.48. The highest BCUT2D eigenvalue weighted by Gasteiger charge is 2.39. The molecule has 4 heteroatoms. The molecule has 1 atom stereocenters. The van der Waals surface area contributed by atoms with Crippen LogP contribution in [0.25, 0.3) is 0 Å². The summed E-state index contributed by atoms with van der Waals surface area (Å²) in [6, 6.07) is 0. The van der Waals surface area contributed by atoms with Gasteiger partial charge in [0.1, 0.15) is 0 Å². The van der Waals surface area contributed by atoms with Crippen molar-refractivity contribution >= 4 is 11.8 Å². The molecule has 0 saturated carbocycles. The van der Waals surface area contributed by atoms with Gasteiger partial charge in [-0.2, -0.15) is 0 Å². The molecular weight excluding hydrogens is 216 g/mol. The molecule has 0 aromatic carbocycles. The molecular formula is C13H24N2O2. The van der Waals surface area contributed by atoms with Crippen molar-refractivity contribution in [3.05, 3.63) is 0 Å². The van der Waals surface area contributed by atoms with Crippen molar-refractivity contribution in [3.63, 3.8) is 0 Å². The largest absolute Gasteiger partial charge is 0.315 e. The van der Waals surface area contributed by atoms with Gasteiger partial charge in [-0.05, 0) is 18.4 Å². The number of likely N-dealkylation sites (tertiary alicyclic amines) is 1. The first-order chi connectivity index (χ1) is 7.93. The van der Waals surface area contributed by atoms with Gasteiger partial charge in [0.15, 0.2) is 0 Å². The van der Waals surface area contributed by atoms with E-state index in [1.54, 1.807) is 0 Å². The van der Waals surface area contributed by atoms with E-state index >= 15 is 0 Å². The molecule has 0 radical (unpaired) electrons. The van der Waals surface area contributed by atoms with Gasteiger partial charge in [0.05, 0.1) is 0 Å². The predicted octanol–water partition coefficient (Wildman–Crippen LogP) is 1.26. The van der Waals surface area contributed by atoms with Crippen LogP contribution in [0.3, 0.4) is 0 Å². The summed E-state index contributed by atoms with van der Waals surface area (Å²) in [6.45, 7) is 10.4. The SMILES string of the molecule is CC(C)CNCCN1C(=O)CC(C(C)C)C1=O. The zero-order valence-corrected chi connectivity index (χ0v) is 11.3. The Balaban J connectivity index is 2.38. The lowest BCUT2D eigenvalue weighted by Gasteiger charge is -2.17. The van der Waals surface area contributed by atoms with Crippen molar-refractivity contribution in [2.45, 2.75) is 34.1 Å². The van der Waals surface area contributed by atoms with Gasteiger partial charge in [0.2, 0.25) is 11.8 Å². The minimum Gasteiger partial charge on any atom is -0.315 e. The van der Waals surface area contributed by atoms with Crippen molar-refractivity contribution in [2.75, 3.05) is 19.6 Å². The van der Waals surface area contributed by atoms with Gasteiger partial charge in [0, 0.05) is 25.4 Å². The molecule has 1 saturated heterocycles. The second-order valence-corrected chi connectivity index (χ2v) is 5.54. The minimum atomic E-state index is -0.104. The number of rotatable bonds is 6. The summed E-state index contributed by atoms with van der Waals surface area (Å²) in [5.41, 5.74) is 0. The van der Waals surface area contributed by atoms with Crippen LogP contribution in [0.4, 0.5) is 0 Å². The Labute approximate surface area is 104 Å². The maximum absolute atomic E-state index is 12.0. The van der Waals surface area contributed by atoms with Crippen molar-refractivity contribution < 1.29 is 9.59 Å². The number of carbonyl (C=O) groups excluding carboxylic acids is 2. The van der Waals surface area contributed by atoms with E-state index in [4.69, 9.17) is 0 Å². The fraction of sp³-hybridized carbons (Fsp3) is 0.846. The van der Waals surface area contributed by atoms with Crippen molar-refractivity contribution in [1.29, 1.82) is 0 Å². The molecule has 0 aromatic rings. The lowest BCUT2D eigenvalue weighted by Crippen LogP contribution is -2.38. The van der Waals surface area contributed by atoms with Crippen LogP contribution in [0.15, 0.2) is 0 Å². The average molecular weight is 240 g/mol. The van der Waals surface area contributed by atoms with Crippen molar-refractivity contribution in [2.24, 2.45) is 17.8 Å². The van der Waals surface area contributed by atoms with Crippen LogP contribution in [0, 0.1) is 17.8 Å². The first-order valence-electron chi connectivity index (χ1n) is 6.48.